The van der Waals surface area contributed by atoms with E-state index in [1.807, 2.05) is 27.7 Å². The molecule has 0 aromatic heterocycles. The predicted molar refractivity (Wildman–Crippen MR) is 179 cm³/mol. The van der Waals surface area contributed by atoms with Crippen LogP contribution >= 0.6 is 12.6 Å². The number of carbonyl (C=O) groups is 3. The maximum absolute atomic E-state index is 13.4. The van der Waals surface area contributed by atoms with Gasteiger partial charge in [0, 0.05) is 12.3 Å². The number of hydrogen-bond donors (Lipinski definition) is 6. The molecular formula is C32H56N4O6S2. The minimum absolute atomic E-state index is 0.100. The van der Waals surface area contributed by atoms with Gasteiger partial charge in [0.1, 0.15) is 6.04 Å². The van der Waals surface area contributed by atoms with Crippen LogP contribution in [0.25, 0.3) is 0 Å². The minimum Gasteiger partial charge on any atom is -0.391 e. The number of likely N-dealkylation sites (N-methyl/N-ethyl adjacent to an activating group) is 1. The molecule has 0 aliphatic carbocycles. The van der Waals surface area contributed by atoms with Gasteiger partial charge in [-0.3, -0.25) is 19.7 Å². The Morgan fingerprint density at radius 3 is 2.07 bits per heavy atom. The van der Waals surface area contributed by atoms with Crippen LogP contribution in [-0.2, 0) is 24.4 Å². The minimum atomic E-state index is -3.68. The lowest BCUT2D eigenvalue weighted by Crippen LogP contribution is -2.54. The van der Waals surface area contributed by atoms with E-state index in [-0.39, 0.29) is 29.5 Å². The van der Waals surface area contributed by atoms with Crippen molar-refractivity contribution in [1.29, 1.82) is 0 Å². The smallest absolute Gasteiger partial charge is 0.249 e. The Kier molecular flexibility index (Phi) is 19.7. The summed E-state index contributed by atoms with van der Waals surface area (Å²) >= 11 is 4.19. The molecule has 0 radical (unpaired) electrons. The summed E-state index contributed by atoms with van der Waals surface area (Å²) in [6.45, 7) is 10.6. The molecule has 0 bridgehead atoms. The van der Waals surface area contributed by atoms with Gasteiger partial charge in [0.05, 0.1) is 23.0 Å². The van der Waals surface area contributed by atoms with Crippen molar-refractivity contribution < 1.29 is 27.9 Å². The van der Waals surface area contributed by atoms with Crippen LogP contribution in [0, 0.1) is 18.8 Å². The summed E-state index contributed by atoms with van der Waals surface area (Å²) in [6, 6.07) is 4.96. The van der Waals surface area contributed by atoms with Crippen LogP contribution in [0.1, 0.15) is 97.5 Å². The van der Waals surface area contributed by atoms with Crippen LogP contribution in [-0.4, -0.2) is 68.3 Å². The van der Waals surface area contributed by atoms with Crippen LogP contribution in [0.2, 0.25) is 0 Å². The molecule has 0 saturated heterocycles. The molecule has 0 aliphatic rings. The SMILES string of the molecule is CCCCCCCC(C(=O)N[C@@H](CCCCNS(=O)(=O)c1ccc(C)cc1)C(=O)NC(=O)C(CC(C)C)NCC)C(O)CS. The summed E-state index contributed by atoms with van der Waals surface area (Å²) in [5, 5.41) is 18.9. The van der Waals surface area contributed by atoms with Crippen molar-refractivity contribution in [3.63, 3.8) is 0 Å². The number of rotatable bonds is 23. The predicted octanol–water partition coefficient (Wildman–Crippen LogP) is 3.86. The van der Waals surface area contributed by atoms with E-state index in [4.69, 9.17) is 0 Å². The lowest BCUT2D eigenvalue weighted by Gasteiger charge is -2.26. The van der Waals surface area contributed by atoms with Crippen LogP contribution in [0.15, 0.2) is 29.2 Å². The summed E-state index contributed by atoms with van der Waals surface area (Å²) in [5.41, 5.74) is 0.954. The molecule has 1 rings (SSSR count). The number of thiol groups is 1. The van der Waals surface area contributed by atoms with E-state index < -0.39 is 51.9 Å². The molecule has 3 amide bonds. The van der Waals surface area contributed by atoms with Gasteiger partial charge in [-0.25, -0.2) is 13.1 Å². The van der Waals surface area contributed by atoms with Crippen molar-refractivity contribution in [3.05, 3.63) is 29.8 Å². The van der Waals surface area contributed by atoms with E-state index in [1.165, 1.54) is 0 Å². The summed E-state index contributed by atoms with van der Waals surface area (Å²) in [7, 11) is -3.68. The van der Waals surface area contributed by atoms with Crippen LogP contribution in [0.3, 0.4) is 0 Å². The molecule has 1 aromatic rings. The highest BCUT2D eigenvalue weighted by molar-refractivity contribution is 7.89. The molecule has 0 spiro atoms. The number of sulfonamides is 1. The van der Waals surface area contributed by atoms with Crippen LogP contribution in [0.4, 0.5) is 0 Å². The Morgan fingerprint density at radius 2 is 1.48 bits per heavy atom. The van der Waals surface area contributed by atoms with Gasteiger partial charge in [-0.15, -0.1) is 0 Å². The number of amides is 3. The topological polar surface area (TPSA) is 154 Å². The fourth-order valence-electron chi connectivity index (χ4n) is 4.92. The first kappa shape index (κ1) is 40.0. The Hall–Kier alpha value is -1.99. The highest BCUT2D eigenvalue weighted by Gasteiger charge is 2.31. The molecule has 3 unspecified atom stereocenters. The molecule has 5 N–H and O–H groups in total. The van der Waals surface area contributed by atoms with Crippen molar-refractivity contribution in [1.82, 2.24) is 20.7 Å². The number of aliphatic hydroxyl groups is 1. The molecule has 1 aromatic carbocycles. The molecule has 12 heteroatoms. The standard InChI is InChI=1S/C32H56N4O6S2/c1-6-8-9-10-11-14-26(29(37)22-43)30(38)35-27(31(39)36-32(40)28(33-7-2)21-23(3)4)15-12-13-20-34-44(41,42)25-18-16-24(5)17-19-25/h16-19,23,26-29,33-34,37,43H,6-15,20-22H2,1-5H3,(H,35,38)(H,36,39,40)/t26?,27-,28?,29?/m0/s1. The van der Waals surface area contributed by atoms with E-state index >= 15 is 0 Å². The molecule has 252 valence electrons. The molecule has 10 nitrogen and oxygen atoms in total. The molecule has 0 aliphatic heterocycles. The summed E-state index contributed by atoms with van der Waals surface area (Å²) in [5.74, 6) is -1.96. The van der Waals surface area contributed by atoms with Crippen molar-refractivity contribution in [2.75, 3.05) is 18.8 Å². The van der Waals surface area contributed by atoms with Crippen molar-refractivity contribution in [2.45, 2.75) is 122 Å². The zero-order valence-electron chi connectivity index (χ0n) is 27.2. The third-order valence-electron chi connectivity index (χ3n) is 7.50. The first-order valence-corrected chi connectivity index (χ1v) is 18.2. The third kappa shape index (κ3) is 15.3. The second kappa shape index (κ2) is 21.7. The number of unbranched alkanes of at least 4 members (excludes halogenated alkanes) is 5. The van der Waals surface area contributed by atoms with Crippen molar-refractivity contribution >= 4 is 40.4 Å². The van der Waals surface area contributed by atoms with E-state index in [0.717, 1.165) is 37.7 Å². The van der Waals surface area contributed by atoms with Gasteiger partial charge in [-0.1, -0.05) is 77.5 Å². The van der Waals surface area contributed by atoms with Crippen molar-refractivity contribution in [2.24, 2.45) is 11.8 Å². The Balaban J connectivity index is 2.95. The number of hydrogen-bond acceptors (Lipinski definition) is 8. The van der Waals surface area contributed by atoms with E-state index in [1.54, 1.807) is 24.3 Å². The number of aryl methyl sites for hydroxylation is 1. The Labute approximate surface area is 270 Å². The third-order valence-corrected chi connectivity index (χ3v) is 9.35. The van der Waals surface area contributed by atoms with Gasteiger partial charge in [0.25, 0.3) is 0 Å². The van der Waals surface area contributed by atoms with Gasteiger partial charge in [-0.05, 0) is 63.6 Å². The normalized spacial score (nSPS) is 14.5. The lowest BCUT2D eigenvalue weighted by molar-refractivity contribution is -0.137. The zero-order valence-corrected chi connectivity index (χ0v) is 28.9. The van der Waals surface area contributed by atoms with E-state index in [9.17, 15) is 27.9 Å². The van der Waals surface area contributed by atoms with Crippen LogP contribution in [0.5, 0.6) is 0 Å². The van der Waals surface area contributed by atoms with Gasteiger partial charge in [0.2, 0.25) is 27.7 Å². The van der Waals surface area contributed by atoms with Crippen molar-refractivity contribution in [3.8, 4) is 0 Å². The van der Waals surface area contributed by atoms with Gasteiger partial charge >= 0.3 is 0 Å². The average molecular weight is 657 g/mol. The monoisotopic (exact) mass is 656 g/mol. The molecular weight excluding hydrogens is 601 g/mol. The van der Waals surface area contributed by atoms with E-state index in [0.29, 0.717) is 32.2 Å². The highest BCUT2D eigenvalue weighted by atomic mass is 32.2. The fourth-order valence-corrected chi connectivity index (χ4v) is 6.25. The number of benzene rings is 1. The number of nitrogens with one attached hydrogen (secondary N) is 4. The number of aliphatic hydroxyl groups excluding tert-OH is 1. The van der Waals surface area contributed by atoms with Gasteiger partial charge < -0.3 is 15.7 Å². The quantitative estimate of drug-likeness (QED) is 0.0773. The maximum Gasteiger partial charge on any atom is 0.249 e. The van der Waals surface area contributed by atoms with Crippen LogP contribution < -0.4 is 20.7 Å². The fraction of sp³-hybridized carbons (Fsp3) is 0.719. The maximum atomic E-state index is 13.4. The summed E-state index contributed by atoms with van der Waals surface area (Å²) in [4.78, 5) is 39.9. The Bertz CT molecular complexity index is 1100. The lowest BCUT2D eigenvalue weighted by atomic mass is 9.94. The zero-order chi connectivity index (χ0) is 33.1. The highest BCUT2D eigenvalue weighted by Crippen LogP contribution is 2.18. The molecule has 4 atom stereocenters. The average Bonchev–Trinajstić information content (AvgIpc) is 2.97. The molecule has 0 heterocycles. The summed E-state index contributed by atoms with van der Waals surface area (Å²) < 4.78 is 27.8. The summed E-state index contributed by atoms with van der Waals surface area (Å²) in [6.07, 6.45) is 5.98. The first-order valence-electron chi connectivity index (χ1n) is 16.1. The first-order chi connectivity index (χ1) is 20.9. The van der Waals surface area contributed by atoms with Gasteiger partial charge in [0.15, 0.2) is 0 Å². The van der Waals surface area contributed by atoms with E-state index in [2.05, 4.69) is 40.2 Å². The number of imide groups is 1. The largest absolute Gasteiger partial charge is 0.391 e. The molecule has 0 saturated carbocycles. The second-order valence-electron chi connectivity index (χ2n) is 11.9. The second-order valence-corrected chi connectivity index (χ2v) is 14.1. The number of carbonyl (C=O) groups excluding carboxylic acids is 3. The molecule has 44 heavy (non-hydrogen) atoms. The Morgan fingerprint density at radius 1 is 0.864 bits per heavy atom. The van der Waals surface area contributed by atoms with Gasteiger partial charge in [-0.2, -0.15) is 12.6 Å². The molecule has 0 fully saturated rings.